The predicted molar refractivity (Wildman–Crippen MR) is 97.0 cm³/mol. The molecule has 3 amide bonds. The van der Waals surface area contributed by atoms with Crippen LogP contribution in [-0.2, 0) is 14.4 Å². The Labute approximate surface area is 152 Å². The fraction of sp³-hybridized carbons (Fsp3) is 0.471. The van der Waals surface area contributed by atoms with Gasteiger partial charge >= 0.3 is 0 Å². The minimum Gasteiger partial charge on any atom is -0.497 e. The van der Waals surface area contributed by atoms with Crippen molar-refractivity contribution in [1.82, 2.24) is 10.6 Å². The van der Waals surface area contributed by atoms with Crippen LogP contribution >= 0.6 is 0 Å². The molecule has 0 spiro atoms. The number of benzene rings is 1. The van der Waals surface area contributed by atoms with Crippen LogP contribution < -0.4 is 31.2 Å². The van der Waals surface area contributed by atoms with E-state index in [2.05, 4.69) is 16.0 Å². The van der Waals surface area contributed by atoms with Crippen molar-refractivity contribution >= 4 is 23.4 Å². The SMILES string of the molecule is COc1cc(NC(=O)CNC(=O)CNC(=O)[C@@H](N)C(C)C)cc(OC)c1. The Kier molecular flexibility index (Phi) is 8.36. The zero-order valence-corrected chi connectivity index (χ0v) is 15.4. The number of ether oxygens (including phenoxy) is 2. The monoisotopic (exact) mass is 366 g/mol. The van der Waals surface area contributed by atoms with Crippen LogP contribution in [0.4, 0.5) is 5.69 Å². The molecule has 0 bridgehead atoms. The summed E-state index contributed by atoms with van der Waals surface area (Å²) in [5, 5.41) is 7.46. The largest absolute Gasteiger partial charge is 0.497 e. The normalized spacial score (nSPS) is 11.5. The quantitative estimate of drug-likeness (QED) is 0.481. The van der Waals surface area contributed by atoms with Gasteiger partial charge in [-0.05, 0) is 5.92 Å². The molecule has 1 aromatic rings. The van der Waals surface area contributed by atoms with Gasteiger partial charge in [-0.25, -0.2) is 0 Å². The van der Waals surface area contributed by atoms with Gasteiger partial charge in [-0.1, -0.05) is 13.8 Å². The number of hydrogen-bond acceptors (Lipinski definition) is 6. The highest BCUT2D eigenvalue weighted by molar-refractivity contribution is 5.95. The third-order valence-corrected chi connectivity index (χ3v) is 3.53. The number of carbonyl (C=O) groups excluding carboxylic acids is 3. The van der Waals surface area contributed by atoms with E-state index in [0.717, 1.165) is 0 Å². The second kappa shape index (κ2) is 10.2. The maximum atomic E-state index is 11.9. The van der Waals surface area contributed by atoms with Crippen LogP contribution in [0.3, 0.4) is 0 Å². The lowest BCUT2D eigenvalue weighted by molar-refractivity contribution is -0.127. The molecular formula is C17H26N4O5. The summed E-state index contributed by atoms with van der Waals surface area (Å²) in [4.78, 5) is 35.3. The highest BCUT2D eigenvalue weighted by Crippen LogP contribution is 2.25. The molecule has 0 aromatic heterocycles. The topological polar surface area (TPSA) is 132 Å². The first-order valence-electron chi connectivity index (χ1n) is 8.09. The molecule has 1 aromatic carbocycles. The molecule has 1 rings (SSSR count). The van der Waals surface area contributed by atoms with Gasteiger partial charge in [-0.2, -0.15) is 0 Å². The molecule has 1 atom stereocenters. The smallest absolute Gasteiger partial charge is 0.243 e. The molecular weight excluding hydrogens is 340 g/mol. The highest BCUT2D eigenvalue weighted by atomic mass is 16.5. The van der Waals surface area contributed by atoms with E-state index in [1.54, 1.807) is 18.2 Å². The van der Waals surface area contributed by atoms with Gasteiger partial charge < -0.3 is 31.2 Å². The molecule has 144 valence electrons. The summed E-state index contributed by atoms with van der Waals surface area (Å²) in [6.07, 6.45) is 0. The first-order chi connectivity index (χ1) is 12.3. The number of carbonyl (C=O) groups is 3. The van der Waals surface area contributed by atoms with Crippen molar-refractivity contribution in [2.45, 2.75) is 19.9 Å². The molecule has 0 aliphatic carbocycles. The number of hydrogen-bond donors (Lipinski definition) is 4. The second-order valence-corrected chi connectivity index (χ2v) is 5.91. The van der Waals surface area contributed by atoms with Crippen LogP contribution in [0.15, 0.2) is 18.2 Å². The summed E-state index contributed by atoms with van der Waals surface area (Å²) in [5.74, 6) is -0.334. The fourth-order valence-electron chi connectivity index (χ4n) is 1.91. The minimum absolute atomic E-state index is 0.0382. The van der Waals surface area contributed by atoms with E-state index >= 15 is 0 Å². The molecule has 9 heteroatoms. The van der Waals surface area contributed by atoms with Crippen LogP contribution in [-0.4, -0.2) is 51.1 Å². The Morgan fingerprint density at radius 1 is 0.962 bits per heavy atom. The van der Waals surface area contributed by atoms with E-state index in [9.17, 15) is 14.4 Å². The first kappa shape index (κ1) is 21.2. The first-order valence-corrected chi connectivity index (χ1v) is 8.09. The molecule has 0 heterocycles. The summed E-state index contributed by atoms with van der Waals surface area (Å²) in [6, 6.07) is 4.22. The molecule has 0 aliphatic heterocycles. The predicted octanol–water partition coefficient (Wildman–Crippen LogP) is -0.142. The molecule has 5 N–H and O–H groups in total. The molecule has 9 nitrogen and oxygen atoms in total. The van der Waals surface area contributed by atoms with Crippen molar-refractivity contribution < 1.29 is 23.9 Å². The van der Waals surface area contributed by atoms with Gasteiger partial charge in [0.1, 0.15) is 11.5 Å². The summed E-state index contributed by atoms with van der Waals surface area (Å²) in [6.45, 7) is 3.12. The van der Waals surface area contributed by atoms with E-state index in [1.807, 2.05) is 13.8 Å². The Morgan fingerprint density at radius 3 is 2.00 bits per heavy atom. The van der Waals surface area contributed by atoms with Gasteiger partial charge in [0.05, 0.1) is 33.4 Å². The minimum atomic E-state index is -0.686. The molecule has 26 heavy (non-hydrogen) atoms. The lowest BCUT2D eigenvalue weighted by atomic mass is 10.1. The van der Waals surface area contributed by atoms with Crippen molar-refractivity contribution in [2.75, 3.05) is 32.6 Å². The summed E-state index contributed by atoms with van der Waals surface area (Å²) in [7, 11) is 3.00. The third-order valence-electron chi connectivity index (χ3n) is 3.53. The Balaban J connectivity index is 2.44. The number of methoxy groups -OCH3 is 2. The van der Waals surface area contributed by atoms with E-state index < -0.39 is 23.8 Å². The molecule has 0 aliphatic rings. The number of nitrogens with two attached hydrogens (primary N) is 1. The average Bonchev–Trinajstić information content (AvgIpc) is 2.63. The van der Waals surface area contributed by atoms with Crippen LogP contribution in [0.1, 0.15) is 13.8 Å². The van der Waals surface area contributed by atoms with E-state index in [1.165, 1.54) is 14.2 Å². The summed E-state index contributed by atoms with van der Waals surface area (Å²) >= 11 is 0. The van der Waals surface area contributed by atoms with Crippen molar-refractivity contribution in [1.29, 1.82) is 0 Å². The van der Waals surface area contributed by atoms with Gasteiger partial charge in [0.2, 0.25) is 17.7 Å². The Bertz CT molecular complexity index is 626. The van der Waals surface area contributed by atoms with Gasteiger partial charge in [0.15, 0.2) is 0 Å². The van der Waals surface area contributed by atoms with Crippen molar-refractivity contribution in [3.05, 3.63) is 18.2 Å². The number of rotatable bonds is 9. The molecule has 0 fully saturated rings. The number of nitrogens with one attached hydrogen (secondary N) is 3. The standard InChI is InChI=1S/C17H26N4O5/c1-10(2)16(18)17(24)20-8-14(22)19-9-15(23)21-11-5-12(25-3)7-13(6-11)26-4/h5-7,10,16H,8-9,18H2,1-4H3,(H,19,22)(H,20,24)(H,21,23)/t16-/m0/s1. The fourth-order valence-corrected chi connectivity index (χ4v) is 1.91. The summed E-state index contributed by atoms with van der Waals surface area (Å²) < 4.78 is 10.2. The van der Waals surface area contributed by atoms with Crippen LogP contribution in [0.5, 0.6) is 11.5 Å². The van der Waals surface area contributed by atoms with E-state index in [0.29, 0.717) is 17.2 Å². The lowest BCUT2D eigenvalue weighted by Crippen LogP contribution is -2.47. The third kappa shape index (κ3) is 6.98. The van der Waals surface area contributed by atoms with Crippen molar-refractivity contribution in [3.8, 4) is 11.5 Å². The molecule has 0 unspecified atom stereocenters. The zero-order chi connectivity index (χ0) is 19.7. The number of amides is 3. The molecule has 0 saturated carbocycles. The Hall–Kier alpha value is -2.81. The van der Waals surface area contributed by atoms with Gasteiger partial charge in [0.25, 0.3) is 0 Å². The van der Waals surface area contributed by atoms with E-state index in [-0.39, 0.29) is 19.0 Å². The number of anilines is 1. The van der Waals surface area contributed by atoms with Crippen LogP contribution in [0.2, 0.25) is 0 Å². The van der Waals surface area contributed by atoms with Gasteiger partial charge in [-0.15, -0.1) is 0 Å². The average molecular weight is 366 g/mol. The maximum absolute atomic E-state index is 11.9. The van der Waals surface area contributed by atoms with Gasteiger partial charge in [0, 0.05) is 23.9 Å². The second-order valence-electron chi connectivity index (χ2n) is 5.91. The van der Waals surface area contributed by atoms with Crippen molar-refractivity contribution in [3.63, 3.8) is 0 Å². The summed E-state index contributed by atoms with van der Waals surface area (Å²) in [5.41, 5.74) is 6.14. The molecule has 0 radical (unpaired) electrons. The van der Waals surface area contributed by atoms with Gasteiger partial charge in [-0.3, -0.25) is 14.4 Å². The maximum Gasteiger partial charge on any atom is 0.243 e. The van der Waals surface area contributed by atoms with Crippen molar-refractivity contribution in [2.24, 2.45) is 11.7 Å². The van der Waals surface area contributed by atoms with E-state index in [4.69, 9.17) is 15.2 Å². The highest BCUT2D eigenvalue weighted by Gasteiger charge is 2.17. The van der Waals surface area contributed by atoms with Crippen LogP contribution in [0.25, 0.3) is 0 Å². The zero-order valence-electron chi connectivity index (χ0n) is 15.4. The lowest BCUT2D eigenvalue weighted by Gasteiger charge is -2.15. The Morgan fingerprint density at radius 2 is 1.50 bits per heavy atom. The van der Waals surface area contributed by atoms with Crippen LogP contribution in [0, 0.1) is 5.92 Å². The molecule has 0 saturated heterocycles.